The monoisotopic (exact) mass is 268 g/mol. The molecule has 0 bridgehead atoms. The van der Waals surface area contributed by atoms with Crippen LogP contribution in [0.3, 0.4) is 0 Å². The zero-order valence-electron chi connectivity index (χ0n) is 11.2. The largest absolute Gasteiger partial charge is 0.481 e. The van der Waals surface area contributed by atoms with Crippen molar-refractivity contribution >= 4 is 5.97 Å². The maximum atomic E-state index is 10.9. The number of carboxylic acids is 1. The third-order valence-corrected chi connectivity index (χ3v) is 3.64. The molecule has 0 aromatic heterocycles. The van der Waals surface area contributed by atoms with Crippen molar-refractivity contribution in [1.82, 2.24) is 0 Å². The normalized spacial score (nSPS) is 20.4. The lowest BCUT2D eigenvalue weighted by Gasteiger charge is -2.07. The van der Waals surface area contributed by atoms with Gasteiger partial charge in [-0.05, 0) is 54.7 Å². The van der Waals surface area contributed by atoms with E-state index in [-0.39, 0.29) is 11.8 Å². The summed E-state index contributed by atoms with van der Waals surface area (Å²) in [4.78, 5) is 10.9. The van der Waals surface area contributed by atoms with Crippen LogP contribution in [0.25, 0.3) is 0 Å². The van der Waals surface area contributed by atoms with Gasteiger partial charge in [0.05, 0.1) is 5.92 Å². The average molecular weight is 268 g/mol. The van der Waals surface area contributed by atoms with Crippen LogP contribution >= 0.6 is 0 Å². The van der Waals surface area contributed by atoms with E-state index in [2.05, 4.69) is 0 Å². The number of aryl methyl sites for hydroxylation is 1. The molecule has 1 N–H and O–H groups in total. The Morgan fingerprint density at radius 3 is 2.50 bits per heavy atom. The third kappa shape index (κ3) is 2.67. The highest BCUT2D eigenvalue weighted by Crippen LogP contribution is 2.47. The summed E-state index contributed by atoms with van der Waals surface area (Å²) in [6.45, 7) is 2.02. The van der Waals surface area contributed by atoms with Crippen LogP contribution in [0, 0.1) is 12.8 Å². The van der Waals surface area contributed by atoms with E-state index in [1.54, 1.807) is 0 Å². The van der Waals surface area contributed by atoms with Gasteiger partial charge in [0.25, 0.3) is 0 Å². The second-order valence-electron chi connectivity index (χ2n) is 5.27. The van der Waals surface area contributed by atoms with Crippen LogP contribution in [0.2, 0.25) is 0 Å². The third-order valence-electron chi connectivity index (χ3n) is 3.64. The van der Waals surface area contributed by atoms with Gasteiger partial charge in [-0.3, -0.25) is 4.79 Å². The molecule has 2 aromatic carbocycles. The second kappa shape index (κ2) is 5.00. The minimum Gasteiger partial charge on any atom is -0.481 e. The minimum atomic E-state index is -0.699. The molecule has 0 aliphatic heterocycles. The maximum Gasteiger partial charge on any atom is 0.307 e. The van der Waals surface area contributed by atoms with Crippen LogP contribution in [0.4, 0.5) is 0 Å². The summed E-state index contributed by atoms with van der Waals surface area (Å²) in [6.07, 6.45) is 0.743. The van der Waals surface area contributed by atoms with E-state index in [0.717, 1.165) is 29.0 Å². The van der Waals surface area contributed by atoms with Crippen LogP contribution in [-0.2, 0) is 4.79 Å². The molecule has 3 rings (SSSR count). The molecule has 1 aliphatic rings. The van der Waals surface area contributed by atoms with Gasteiger partial charge in [-0.1, -0.05) is 24.3 Å². The standard InChI is InChI=1S/C17H16O3/c1-11-3-2-4-14(9-11)20-13-7-5-12(6-8-13)15-10-16(15)17(18)19/h2-9,15-16H,10H2,1H3,(H,18,19)/t15-,16+/m0/s1. The molecule has 1 saturated carbocycles. The first-order chi connectivity index (χ1) is 9.63. The fourth-order valence-electron chi connectivity index (χ4n) is 2.43. The van der Waals surface area contributed by atoms with Crippen molar-refractivity contribution in [3.63, 3.8) is 0 Å². The number of ether oxygens (including phenoxy) is 1. The summed E-state index contributed by atoms with van der Waals surface area (Å²) in [7, 11) is 0. The molecule has 0 spiro atoms. The summed E-state index contributed by atoms with van der Waals surface area (Å²) >= 11 is 0. The first-order valence-electron chi connectivity index (χ1n) is 6.71. The van der Waals surface area contributed by atoms with Gasteiger partial charge in [-0.15, -0.1) is 0 Å². The van der Waals surface area contributed by atoms with Crippen molar-refractivity contribution in [3.8, 4) is 11.5 Å². The highest BCUT2D eigenvalue weighted by atomic mass is 16.5. The Balaban J connectivity index is 1.69. The zero-order chi connectivity index (χ0) is 14.1. The predicted molar refractivity (Wildman–Crippen MR) is 76.2 cm³/mol. The van der Waals surface area contributed by atoms with E-state index in [4.69, 9.17) is 9.84 Å². The molecule has 2 aromatic rings. The summed E-state index contributed by atoms with van der Waals surface area (Å²) in [6, 6.07) is 15.6. The van der Waals surface area contributed by atoms with Gasteiger partial charge in [0, 0.05) is 0 Å². The van der Waals surface area contributed by atoms with Gasteiger partial charge in [0.15, 0.2) is 0 Å². The van der Waals surface area contributed by atoms with Gasteiger partial charge >= 0.3 is 5.97 Å². The molecule has 0 radical (unpaired) electrons. The van der Waals surface area contributed by atoms with Crippen molar-refractivity contribution < 1.29 is 14.6 Å². The lowest BCUT2D eigenvalue weighted by Crippen LogP contribution is -1.98. The Bertz CT molecular complexity index is 631. The van der Waals surface area contributed by atoms with Crippen LogP contribution < -0.4 is 4.74 Å². The molecule has 0 heterocycles. The molecular weight excluding hydrogens is 252 g/mol. The predicted octanol–water partition coefficient (Wildman–Crippen LogP) is 3.98. The van der Waals surface area contributed by atoms with E-state index in [1.807, 2.05) is 55.5 Å². The van der Waals surface area contributed by atoms with E-state index < -0.39 is 5.97 Å². The summed E-state index contributed by atoms with van der Waals surface area (Å²) < 4.78 is 5.77. The molecule has 0 unspecified atom stereocenters. The van der Waals surface area contributed by atoms with Crippen molar-refractivity contribution in [2.45, 2.75) is 19.3 Å². The Labute approximate surface area is 117 Å². The lowest BCUT2D eigenvalue weighted by atomic mass is 10.1. The maximum absolute atomic E-state index is 10.9. The molecule has 1 aliphatic carbocycles. The van der Waals surface area contributed by atoms with Crippen LogP contribution in [0.5, 0.6) is 11.5 Å². The Hall–Kier alpha value is -2.29. The van der Waals surface area contributed by atoms with Crippen LogP contribution in [0.15, 0.2) is 48.5 Å². The smallest absolute Gasteiger partial charge is 0.307 e. The topological polar surface area (TPSA) is 46.5 Å². The Morgan fingerprint density at radius 1 is 1.15 bits per heavy atom. The van der Waals surface area contributed by atoms with Gasteiger partial charge in [0.2, 0.25) is 0 Å². The van der Waals surface area contributed by atoms with Crippen molar-refractivity contribution in [3.05, 3.63) is 59.7 Å². The number of benzene rings is 2. The molecule has 0 amide bonds. The first-order valence-corrected chi connectivity index (χ1v) is 6.71. The average Bonchev–Trinajstić information content (AvgIpc) is 3.20. The van der Waals surface area contributed by atoms with Crippen molar-refractivity contribution in [1.29, 1.82) is 0 Å². The van der Waals surface area contributed by atoms with Gasteiger partial charge < -0.3 is 9.84 Å². The number of hydrogen-bond acceptors (Lipinski definition) is 2. The van der Waals surface area contributed by atoms with Crippen LogP contribution in [0.1, 0.15) is 23.5 Å². The van der Waals surface area contributed by atoms with E-state index in [1.165, 1.54) is 0 Å². The van der Waals surface area contributed by atoms with E-state index >= 15 is 0 Å². The van der Waals surface area contributed by atoms with Crippen molar-refractivity contribution in [2.24, 2.45) is 5.92 Å². The van der Waals surface area contributed by atoms with Gasteiger partial charge in [0.1, 0.15) is 11.5 Å². The number of hydrogen-bond donors (Lipinski definition) is 1. The summed E-state index contributed by atoms with van der Waals surface area (Å²) in [5, 5.41) is 8.94. The molecule has 0 saturated heterocycles. The lowest BCUT2D eigenvalue weighted by molar-refractivity contribution is -0.138. The van der Waals surface area contributed by atoms with E-state index in [0.29, 0.717) is 0 Å². The molecule has 3 nitrogen and oxygen atoms in total. The molecule has 102 valence electrons. The number of rotatable bonds is 4. The molecule has 1 fully saturated rings. The molecule has 20 heavy (non-hydrogen) atoms. The fraction of sp³-hybridized carbons (Fsp3) is 0.235. The van der Waals surface area contributed by atoms with Crippen molar-refractivity contribution in [2.75, 3.05) is 0 Å². The summed E-state index contributed by atoms with van der Waals surface area (Å²) in [5.74, 6) is 0.841. The Kier molecular flexibility index (Phi) is 3.18. The Morgan fingerprint density at radius 2 is 1.90 bits per heavy atom. The quantitative estimate of drug-likeness (QED) is 0.912. The highest BCUT2D eigenvalue weighted by molar-refractivity contribution is 5.75. The second-order valence-corrected chi connectivity index (χ2v) is 5.27. The van der Waals surface area contributed by atoms with Gasteiger partial charge in [-0.2, -0.15) is 0 Å². The fourth-order valence-corrected chi connectivity index (χ4v) is 2.43. The van der Waals surface area contributed by atoms with Crippen LogP contribution in [-0.4, -0.2) is 11.1 Å². The number of carboxylic acid groups (broad SMARTS) is 1. The van der Waals surface area contributed by atoms with E-state index in [9.17, 15) is 4.79 Å². The number of carbonyl (C=O) groups is 1. The zero-order valence-corrected chi connectivity index (χ0v) is 11.2. The summed E-state index contributed by atoms with van der Waals surface area (Å²) in [5.41, 5.74) is 2.23. The molecule has 2 atom stereocenters. The SMILES string of the molecule is Cc1cccc(Oc2ccc([C@@H]3C[C@H]3C(=O)O)cc2)c1. The van der Waals surface area contributed by atoms with Gasteiger partial charge in [-0.25, -0.2) is 0 Å². The first kappa shape index (κ1) is 12.7. The number of aliphatic carboxylic acids is 1. The molecule has 3 heteroatoms. The minimum absolute atomic E-state index is 0.167. The molecular formula is C17H16O3. The highest BCUT2D eigenvalue weighted by Gasteiger charge is 2.43.